The Morgan fingerprint density at radius 1 is 1.29 bits per heavy atom. The Balaban J connectivity index is 1.88. The molecule has 1 amide bonds. The van der Waals surface area contributed by atoms with Gasteiger partial charge in [-0.05, 0) is 57.1 Å². The van der Waals surface area contributed by atoms with Crippen molar-refractivity contribution in [3.8, 4) is 17.6 Å². The number of carbonyl (C=O) groups is 1. The van der Waals surface area contributed by atoms with E-state index in [2.05, 4.69) is 6.07 Å². The molecule has 0 bridgehead atoms. The van der Waals surface area contributed by atoms with E-state index >= 15 is 0 Å². The monoisotopic (exact) mass is 328 g/mol. The highest BCUT2D eigenvalue weighted by atomic mass is 16.5. The maximum absolute atomic E-state index is 13.0. The van der Waals surface area contributed by atoms with E-state index in [1.54, 1.807) is 37.3 Å². The fraction of sp³-hybridized carbons (Fsp3) is 0.579. The van der Waals surface area contributed by atoms with Crippen LogP contribution in [0.5, 0.6) is 11.5 Å². The Bertz CT molecular complexity index is 655. The molecule has 1 aromatic rings. The van der Waals surface area contributed by atoms with Gasteiger partial charge in [-0.1, -0.05) is 0 Å². The molecule has 2 aliphatic carbocycles. The number of nitrogens with zero attached hydrogens (tertiary/aromatic N) is 2. The molecule has 0 aromatic heterocycles. The zero-order chi connectivity index (χ0) is 17.2. The molecule has 3 rings (SSSR count). The number of hydrogen-bond donors (Lipinski definition) is 0. The first-order valence-corrected chi connectivity index (χ1v) is 8.64. The molecule has 2 saturated carbocycles. The predicted molar refractivity (Wildman–Crippen MR) is 90.2 cm³/mol. The summed E-state index contributed by atoms with van der Waals surface area (Å²) in [4.78, 5) is 14.6. The van der Waals surface area contributed by atoms with Crippen molar-refractivity contribution in [2.24, 2.45) is 0 Å². The lowest BCUT2D eigenvalue weighted by molar-refractivity contribution is 0.0491. The molecule has 0 aliphatic heterocycles. The largest absolute Gasteiger partial charge is 0.497 e. The quantitative estimate of drug-likeness (QED) is 0.829. The minimum atomic E-state index is -0.665. The van der Waals surface area contributed by atoms with Crippen LogP contribution in [0.3, 0.4) is 0 Å². The number of ether oxygens (including phenoxy) is 2. The number of carbonyl (C=O) groups excluding carboxylic acids is 1. The maximum Gasteiger partial charge on any atom is 0.258 e. The first-order chi connectivity index (χ1) is 11.6. The minimum absolute atomic E-state index is 0.155. The van der Waals surface area contributed by atoms with E-state index in [9.17, 15) is 10.1 Å². The molecule has 128 valence electrons. The summed E-state index contributed by atoms with van der Waals surface area (Å²) in [5.41, 5.74) is -0.159. The number of methoxy groups -OCH3 is 1. The van der Waals surface area contributed by atoms with Crippen LogP contribution in [0.15, 0.2) is 18.2 Å². The first kappa shape index (κ1) is 16.6. The SMILES string of the molecule is COc1ccc(C(=O)N(C)C2(C#N)CCC2)c(OC2CCCC2)c1. The van der Waals surface area contributed by atoms with Crippen LogP contribution in [0, 0.1) is 11.3 Å². The fourth-order valence-corrected chi connectivity index (χ4v) is 3.50. The normalized spacial score (nSPS) is 19.2. The summed E-state index contributed by atoms with van der Waals surface area (Å²) in [6.45, 7) is 0. The molecule has 0 unspecified atom stereocenters. The molecule has 5 heteroatoms. The zero-order valence-corrected chi connectivity index (χ0v) is 14.4. The van der Waals surface area contributed by atoms with Gasteiger partial charge in [0.25, 0.3) is 5.91 Å². The van der Waals surface area contributed by atoms with Crippen LogP contribution in [-0.2, 0) is 0 Å². The third kappa shape index (κ3) is 2.93. The van der Waals surface area contributed by atoms with Gasteiger partial charge in [0.15, 0.2) is 0 Å². The molecule has 0 heterocycles. The van der Waals surface area contributed by atoms with Crippen LogP contribution in [0.1, 0.15) is 55.3 Å². The van der Waals surface area contributed by atoms with Crippen molar-refractivity contribution in [2.45, 2.75) is 56.6 Å². The summed E-state index contributed by atoms with van der Waals surface area (Å²) in [7, 11) is 3.32. The standard InChI is InChI=1S/C19H24N2O3/c1-21(19(13-20)10-5-11-19)18(22)16-9-8-15(23-2)12-17(16)24-14-6-3-4-7-14/h8-9,12,14H,3-7,10-11H2,1-2H3. The lowest BCUT2D eigenvalue weighted by Gasteiger charge is -2.43. The Hall–Kier alpha value is -2.22. The molecule has 2 aliphatic rings. The number of rotatable bonds is 5. The summed E-state index contributed by atoms with van der Waals surface area (Å²) >= 11 is 0. The maximum atomic E-state index is 13.0. The Labute approximate surface area is 143 Å². The van der Waals surface area contributed by atoms with Crippen LogP contribution in [0.4, 0.5) is 0 Å². The second-order valence-electron chi connectivity index (χ2n) is 6.75. The molecular weight excluding hydrogens is 304 g/mol. The molecule has 5 nitrogen and oxygen atoms in total. The number of benzene rings is 1. The van der Waals surface area contributed by atoms with Gasteiger partial charge >= 0.3 is 0 Å². The molecule has 0 spiro atoms. The van der Waals surface area contributed by atoms with Crippen LogP contribution in [0.25, 0.3) is 0 Å². The van der Waals surface area contributed by atoms with Crippen LogP contribution >= 0.6 is 0 Å². The topological polar surface area (TPSA) is 62.6 Å². The molecular formula is C19H24N2O3. The second-order valence-corrected chi connectivity index (χ2v) is 6.75. The van der Waals surface area contributed by atoms with Crippen molar-refractivity contribution in [3.63, 3.8) is 0 Å². The molecule has 0 N–H and O–H groups in total. The average Bonchev–Trinajstić information content (AvgIpc) is 3.06. The predicted octanol–water partition coefficient (Wildman–Crippen LogP) is 3.53. The molecule has 1 aromatic carbocycles. The third-order valence-electron chi connectivity index (χ3n) is 5.35. The minimum Gasteiger partial charge on any atom is -0.497 e. The zero-order valence-electron chi connectivity index (χ0n) is 14.4. The molecule has 0 radical (unpaired) electrons. The highest BCUT2D eigenvalue weighted by Crippen LogP contribution is 2.38. The number of nitriles is 1. The first-order valence-electron chi connectivity index (χ1n) is 8.64. The Kier molecular flexibility index (Phi) is 4.66. The van der Waals surface area contributed by atoms with Crippen molar-refractivity contribution >= 4 is 5.91 Å². The van der Waals surface area contributed by atoms with Crippen molar-refractivity contribution in [3.05, 3.63) is 23.8 Å². The van der Waals surface area contributed by atoms with Gasteiger partial charge < -0.3 is 14.4 Å². The number of hydrogen-bond acceptors (Lipinski definition) is 4. The van der Waals surface area contributed by atoms with Gasteiger partial charge in [0.1, 0.15) is 17.0 Å². The van der Waals surface area contributed by atoms with Crippen molar-refractivity contribution in [1.82, 2.24) is 4.90 Å². The van der Waals surface area contributed by atoms with Gasteiger partial charge in [-0.3, -0.25) is 4.79 Å². The Morgan fingerprint density at radius 3 is 2.54 bits per heavy atom. The summed E-state index contributed by atoms with van der Waals surface area (Å²) in [6.07, 6.45) is 6.97. The van der Waals surface area contributed by atoms with E-state index in [4.69, 9.17) is 9.47 Å². The van der Waals surface area contributed by atoms with Crippen molar-refractivity contribution in [1.29, 1.82) is 5.26 Å². The molecule has 0 saturated heterocycles. The molecule has 2 fully saturated rings. The van der Waals surface area contributed by atoms with E-state index in [1.807, 2.05) is 0 Å². The highest BCUT2D eigenvalue weighted by Gasteiger charge is 2.44. The smallest absolute Gasteiger partial charge is 0.258 e. The van der Waals surface area contributed by atoms with Crippen molar-refractivity contribution < 1.29 is 14.3 Å². The van der Waals surface area contributed by atoms with Gasteiger partial charge in [-0.2, -0.15) is 5.26 Å². The summed E-state index contributed by atoms with van der Waals surface area (Å²) in [6, 6.07) is 7.61. The van der Waals surface area contributed by atoms with E-state index in [-0.39, 0.29) is 12.0 Å². The summed E-state index contributed by atoms with van der Waals surface area (Å²) in [5.74, 6) is 1.07. The second kappa shape index (κ2) is 6.72. The molecule has 0 atom stereocenters. The van der Waals surface area contributed by atoms with Crippen LogP contribution < -0.4 is 9.47 Å². The third-order valence-corrected chi connectivity index (χ3v) is 5.35. The summed E-state index contributed by atoms with van der Waals surface area (Å²) < 4.78 is 11.4. The molecule has 24 heavy (non-hydrogen) atoms. The number of amides is 1. The lowest BCUT2D eigenvalue weighted by atomic mass is 9.76. The van der Waals surface area contributed by atoms with E-state index in [0.717, 1.165) is 44.9 Å². The van der Waals surface area contributed by atoms with Crippen LogP contribution in [0.2, 0.25) is 0 Å². The van der Waals surface area contributed by atoms with E-state index < -0.39 is 5.54 Å². The Morgan fingerprint density at radius 2 is 2.00 bits per heavy atom. The highest BCUT2D eigenvalue weighted by molar-refractivity contribution is 5.97. The lowest BCUT2D eigenvalue weighted by Crippen LogP contribution is -2.53. The fourth-order valence-electron chi connectivity index (χ4n) is 3.50. The average molecular weight is 328 g/mol. The van der Waals surface area contributed by atoms with Gasteiger partial charge in [-0.15, -0.1) is 0 Å². The van der Waals surface area contributed by atoms with E-state index in [1.165, 1.54) is 0 Å². The van der Waals surface area contributed by atoms with Gasteiger partial charge in [0.2, 0.25) is 0 Å². The van der Waals surface area contributed by atoms with Gasteiger partial charge in [0, 0.05) is 13.1 Å². The van der Waals surface area contributed by atoms with Crippen molar-refractivity contribution in [2.75, 3.05) is 14.2 Å². The van der Waals surface area contributed by atoms with Crippen LogP contribution in [-0.4, -0.2) is 36.6 Å². The summed E-state index contributed by atoms with van der Waals surface area (Å²) in [5, 5.41) is 9.49. The van der Waals surface area contributed by atoms with E-state index in [0.29, 0.717) is 17.1 Å². The van der Waals surface area contributed by atoms with Gasteiger partial charge in [0.05, 0.1) is 24.8 Å². The van der Waals surface area contributed by atoms with Gasteiger partial charge in [-0.25, -0.2) is 0 Å².